The van der Waals surface area contributed by atoms with Crippen LogP contribution in [-0.2, 0) is 4.74 Å². The predicted molar refractivity (Wildman–Crippen MR) is 77.2 cm³/mol. The van der Waals surface area contributed by atoms with Crippen molar-refractivity contribution in [3.05, 3.63) is 27.8 Å². The Morgan fingerprint density at radius 3 is 2.50 bits per heavy atom. The maximum absolute atomic E-state index is 12.3. The van der Waals surface area contributed by atoms with Gasteiger partial charge in [-0.2, -0.15) is 0 Å². The van der Waals surface area contributed by atoms with Gasteiger partial charge < -0.3 is 14.9 Å². The summed E-state index contributed by atoms with van der Waals surface area (Å²) in [5.74, 6) is -1.88. The lowest BCUT2D eigenvalue weighted by Gasteiger charge is -2.34. The van der Waals surface area contributed by atoms with Gasteiger partial charge in [-0.1, -0.05) is 0 Å². The van der Waals surface area contributed by atoms with Crippen LogP contribution in [0.15, 0.2) is 12.1 Å². The number of aromatic hydroxyl groups is 2. The van der Waals surface area contributed by atoms with Crippen LogP contribution in [0.2, 0.25) is 0 Å². The number of Topliss-reactive ketones (excluding diaryl/α,β-unsaturated/α-hetero) is 1. The molecule has 2 atom stereocenters. The summed E-state index contributed by atoms with van der Waals surface area (Å²) in [6, 6.07) is 2.02. The minimum atomic E-state index is -0.843. The second kappa shape index (κ2) is 6.29. The number of morpholine rings is 1. The Morgan fingerprint density at radius 2 is 1.95 bits per heavy atom. The Bertz CT molecular complexity index is 593. The SMILES string of the molecule is CC1CN(CC(=O)c2cc(O)c(O)c([N+](=O)[O-])c2)CC(C)O1. The van der Waals surface area contributed by atoms with Crippen molar-refractivity contribution >= 4 is 11.5 Å². The van der Waals surface area contributed by atoms with Crippen molar-refractivity contribution in [2.45, 2.75) is 26.1 Å². The molecule has 1 aromatic carbocycles. The average Bonchev–Trinajstić information content (AvgIpc) is 2.39. The van der Waals surface area contributed by atoms with Crippen LogP contribution in [-0.4, -0.2) is 57.7 Å². The van der Waals surface area contributed by atoms with Crippen molar-refractivity contribution in [3.8, 4) is 11.5 Å². The fourth-order valence-corrected chi connectivity index (χ4v) is 2.61. The van der Waals surface area contributed by atoms with Crippen LogP contribution >= 0.6 is 0 Å². The Labute approximate surface area is 127 Å². The number of phenols is 2. The predicted octanol–water partition coefficient (Wildman–Crippen LogP) is 1.30. The maximum atomic E-state index is 12.3. The third kappa shape index (κ3) is 3.52. The number of nitro groups is 1. The molecule has 8 heteroatoms. The molecule has 1 aromatic rings. The maximum Gasteiger partial charge on any atom is 0.315 e. The number of ketones is 1. The van der Waals surface area contributed by atoms with Crippen molar-refractivity contribution in [3.63, 3.8) is 0 Å². The van der Waals surface area contributed by atoms with E-state index in [0.717, 1.165) is 12.1 Å². The van der Waals surface area contributed by atoms with E-state index in [9.17, 15) is 25.1 Å². The first-order chi connectivity index (χ1) is 10.3. The number of nitrogens with zero attached hydrogens (tertiary/aromatic N) is 2. The summed E-state index contributed by atoms with van der Waals surface area (Å²) in [4.78, 5) is 24.1. The van der Waals surface area contributed by atoms with E-state index in [0.29, 0.717) is 13.1 Å². The van der Waals surface area contributed by atoms with Gasteiger partial charge in [0.15, 0.2) is 11.5 Å². The Morgan fingerprint density at radius 1 is 1.36 bits per heavy atom. The summed E-state index contributed by atoms with van der Waals surface area (Å²) in [6.07, 6.45) is -0.00165. The van der Waals surface area contributed by atoms with Gasteiger partial charge in [-0.3, -0.25) is 19.8 Å². The Kier molecular flexibility index (Phi) is 4.62. The molecule has 2 rings (SSSR count). The van der Waals surface area contributed by atoms with Crippen molar-refractivity contribution in [1.29, 1.82) is 0 Å². The summed E-state index contributed by atoms with van der Waals surface area (Å²) in [7, 11) is 0. The molecule has 22 heavy (non-hydrogen) atoms. The van der Waals surface area contributed by atoms with Crippen LogP contribution in [0.25, 0.3) is 0 Å². The second-order valence-electron chi connectivity index (χ2n) is 5.49. The molecule has 1 aliphatic heterocycles. The molecule has 0 radical (unpaired) electrons. The molecule has 1 heterocycles. The van der Waals surface area contributed by atoms with E-state index >= 15 is 0 Å². The minimum Gasteiger partial charge on any atom is -0.504 e. The highest BCUT2D eigenvalue weighted by Gasteiger charge is 2.26. The zero-order valence-electron chi connectivity index (χ0n) is 12.4. The van der Waals surface area contributed by atoms with Crippen LogP contribution in [0.5, 0.6) is 11.5 Å². The number of rotatable bonds is 4. The zero-order chi connectivity index (χ0) is 16.4. The van der Waals surface area contributed by atoms with E-state index in [-0.39, 0.29) is 30.1 Å². The van der Waals surface area contributed by atoms with Crippen LogP contribution in [0.4, 0.5) is 5.69 Å². The fourth-order valence-electron chi connectivity index (χ4n) is 2.61. The normalized spacial score (nSPS) is 22.5. The standard InChI is InChI=1S/C14H18N2O6/c1-8-5-15(6-9(2)22-8)7-13(18)10-3-11(16(20)21)14(19)12(17)4-10/h3-4,8-9,17,19H,5-7H2,1-2H3. The largest absolute Gasteiger partial charge is 0.504 e. The lowest BCUT2D eigenvalue weighted by Crippen LogP contribution is -2.47. The molecule has 0 aromatic heterocycles. The highest BCUT2D eigenvalue weighted by molar-refractivity contribution is 5.99. The summed E-state index contributed by atoms with van der Waals surface area (Å²) in [5, 5.41) is 29.8. The van der Waals surface area contributed by atoms with E-state index in [1.165, 1.54) is 0 Å². The highest BCUT2D eigenvalue weighted by atomic mass is 16.6. The number of hydrogen-bond acceptors (Lipinski definition) is 7. The molecule has 1 fully saturated rings. The molecule has 1 saturated heterocycles. The summed E-state index contributed by atoms with van der Waals surface area (Å²) < 4.78 is 5.57. The monoisotopic (exact) mass is 310 g/mol. The van der Waals surface area contributed by atoms with Gasteiger partial charge in [0.2, 0.25) is 5.75 Å². The molecule has 0 saturated carbocycles. The smallest absolute Gasteiger partial charge is 0.315 e. The van der Waals surface area contributed by atoms with E-state index in [1.807, 2.05) is 18.7 Å². The van der Waals surface area contributed by atoms with Crippen molar-refractivity contribution < 1.29 is 24.7 Å². The number of ether oxygens (including phenoxy) is 1. The minimum absolute atomic E-state index is 0.000827. The van der Waals surface area contributed by atoms with E-state index < -0.39 is 22.1 Å². The molecule has 0 spiro atoms. The molecule has 0 amide bonds. The first-order valence-corrected chi connectivity index (χ1v) is 6.89. The van der Waals surface area contributed by atoms with Crippen LogP contribution in [0.3, 0.4) is 0 Å². The second-order valence-corrected chi connectivity index (χ2v) is 5.49. The van der Waals surface area contributed by atoms with E-state index in [4.69, 9.17) is 4.74 Å². The average molecular weight is 310 g/mol. The van der Waals surface area contributed by atoms with Crippen LogP contribution in [0.1, 0.15) is 24.2 Å². The fraction of sp³-hybridized carbons (Fsp3) is 0.500. The van der Waals surface area contributed by atoms with Gasteiger partial charge in [0.25, 0.3) is 0 Å². The zero-order valence-corrected chi connectivity index (χ0v) is 12.4. The van der Waals surface area contributed by atoms with Crippen LogP contribution < -0.4 is 0 Å². The molecule has 0 bridgehead atoms. The molecule has 2 unspecified atom stereocenters. The van der Waals surface area contributed by atoms with E-state index in [1.54, 1.807) is 0 Å². The van der Waals surface area contributed by atoms with Crippen molar-refractivity contribution in [2.75, 3.05) is 19.6 Å². The van der Waals surface area contributed by atoms with Gasteiger partial charge in [0.1, 0.15) is 0 Å². The first kappa shape index (κ1) is 16.2. The lowest BCUT2D eigenvalue weighted by molar-refractivity contribution is -0.386. The lowest BCUT2D eigenvalue weighted by atomic mass is 10.1. The molecule has 120 valence electrons. The third-order valence-corrected chi connectivity index (χ3v) is 3.45. The highest BCUT2D eigenvalue weighted by Crippen LogP contribution is 2.36. The number of nitro benzene ring substituents is 1. The summed E-state index contributed by atoms with van der Waals surface area (Å²) in [5.41, 5.74) is -0.694. The molecule has 1 aliphatic rings. The Hall–Kier alpha value is -2.19. The van der Waals surface area contributed by atoms with Gasteiger partial charge in [0, 0.05) is 24.7 Å². The number of benzene rings is 1. The van der Waals surface area contributed by atoms with Crippen molar-refractivity contribution in [2.24, 2.45) is 0 Å². The van der Waals surface area contributed by atoms with Gasteiger partial charge in [-0.15, -0.1) is 0 Å². The molecule has 2 N–H and O–H groups in total. The van der Waals surface area contributed by atoms with Gasteiger partial charge >= 0.3 is 5.69 Å². The number of phenolic OH excluding ortho intramolecular Hbond substituents is 2. The molecule has 0 aliphatic carbocycles. The number of carbonyl (C=O) groups is 1. The Balaban J connectivity index is 2.17. The topological polar surface area (TPSA) is 113 Å². The van der Waals surface area contributed by atoms with Gasteiger partial charge in [-0.05, 0) is 19.9 Å². The van der Waals surface area contributed by atoms with Crippen molar-refractivity contribution in [1.82, 2.24) is 4.90 Å². The molecule has 8 nitrogen and oxygen atoms in total. The van der Waals surface area contributed by atoms with E-state index in [2.05, 4.69) is 0 Å². The van der Waals surface area contributed by atoms with Gasteiger partial charge in [0.05, 0.1) is 23.7 Å². The molecular weight excluding hydrogens is 292 g/mol. The number of hydrogen-bond donors (Lipinski definition) is 2. The summed E-state index contributed by atoms with van der Waals surface area (Å²) in [6.45, 7) is 5.05. The van der Waals surface area contributed by atoms with Gasteiger partial charge in [-0.25, -0.2) is 0 Å². The number of carbonyl (C=O) groups excluding carboxylic acids is 1. The van der Waals surface area contributed by atoms with Crippen LogP contribution in [0, 0.1) is 10.1 Å². The first-order valence-electron chi connectivity index (χ1n) is 6.89. The summed E-state index contributed by atoms with van der Waals surface area (Å²) >= 11 is 0. The quantitative estimate of drug-likeness (QED) is 0.373. The molecular formula is C14H18N2O6. The third-order valence-electron chi connectivity index (χ3n) is 3.45.